The highest BCUT2D eigenvalue weighted by molar-refractivity contribution is 4.99. The van der Waals surface area contributed by atoms with E-state index in [0.29, 0.717) is 6.61 Å². The minimum absolute atomic E-state index is 0.0411. The Balaban J connectivity index is 3.82. The van der Waals surface area contributed by atoms with Crippen LogP contribution in [-0.2, 0) is 4.74 Å². The van der Waals surface area contributed by atoms with Crippen molar-refractivity contribution in [3.8, 4) is 12.3 Å². The molecular weight excluding hydrogens is 138 g/mol. The van der Waals surface area contributed by atoms with Crippen molar-refractivity contribution in [2.24, 2.45) is 0 Å². The van der Waals surface area contributed by atoms with Crippen LogP contribution in [0.5, 0.6) is 0 Å². The molecule has 0 bridgehead atoms. The zero-order valence-corrected chi connectivity index (χ0v) is 7.77. The third-order valence-corrected chi connectivity index (χ3v) is 1.36. The Labute approximate surface area is 69.3 Å². The monoisotopic (exact) mass is 155 g/mol. The van der Waals surface area contributed by atoms with Crippen LogP contribution in [0.4, 0.5) is 0 Å². The van der Waals surface area contributed by atoms with E-state index in [4.69, 9.17) is 11.2 Å². The van der Waals surface area contributed by atoms with Gasteiger partial charge >= 0.3 is 0 Å². The fraction of sp³-hybridized carbons (Fsp3) is 0.778. The Morgan fingerprint density at radius 2 is 2.18 bits per heavy atom. The molecule has 0 saturated heterocycles. The van der Waals surface area contributed by atoms with E-state index < -0.39 is 0 Å². The zero-order valence-electron chi connectivity index (χ0n) is 7.77. The lowest BCUT2D eigenvalue weighted by atomic mass is 10.1. The molecular formula is C9H17NO. The maximum absolute atomic E-state index is 5.22. The van der Waals surface area contributed by atoms with Crippen molar-refractivity contribution in [1.29, 1.82) is 0 Å². The van der Waals surface area contributed by atoms with Gasteiger partial charge in [-0.05, 0) is 20.8 Å². The Morgan fingerprint density at radius 3 is 2.55 bits per heavy atom. The van der Waals surface area contributed by atoms with Crippen LogP contribution in [0, 0.1) is 12.3 Å². The fourth-order valence-electron chi connectivity index (χ4n) is 1.03. The van der Waals surface area contributed by atoms with Crippen LogP contribution < -0.4 is 5.32 Å². The van der Waals surface area contributed by atoms with Gasteiger partial charge in [0.05, 0.1) is 12.6 Å². The van der Waals surface area contributed by atoms with Gasteiger partial charge in [-0.25, -0.2) is 0 Å². The molecule has 2 nitrogen and oxygen atoms in total. The lowest BCUT2D eigenvalue weighted by Crippen LogP contribution is -2.47. The lowest BCUT2D eigenvalue weighted by Gasteiger charge is -2.27. The molecule has 0 aromatic carbocycles. The average Bonchev–Trinajstić information content (AvgIpc) is 1.86. The third-order valence-electron chi connectivity index (χ3n) is 1.36. The minimum Gasteiger partial charge on any atom is -0.383 e. The summed E-state index contributed by atoms with van der Waals surface area (Å²) in [4.78, 5) is 0. The molecule has 0 spiro atoms. The summed E-state index contributed by atoms with van der Waals surface area (Å²) < 4.78 is 5.02. The molecule has 64 valence electrons. The maximum atomic E-state index is 5.22. The summed E-state index contributed by atoms with van der Waals surface area (Å²) >= 11 is 0. The Kier molecular flexibility index (Phi) is 4.17. The van der Waals surface area contributed by atoms with Gasteiger partial charge in [-0.1, -0.05) is 5.92 Å². The molecule has 0 radical (unpaired) electrons. The molecule has 0 saturated carbocycles. The summed E-state index contributed by atoms with van der Waals surface area (Å²) in [7, 11) is 1.68. The quantitative estimate of drug-likeness (QED) is 0.612. The number of ether oxygens (including phenoxy) is 1. The lowest BCUT2D eigenvalue weighted by molar-refractivity contribution is 0.126. The van der Waals surface area contributed by atoms with Crippen molar-refractivity contribution in [2.75, 3.05) is 13.7 Å². The predicted molar refractivity (Wildman–Crippen MR) is 47.4 cm³/mol. The smallest absolute Gasteiger partial charge is 0.0663 e. The molecule has 2 heteroatoms. The summed E-state index contributed by atoms with van der Waals surface area (Å²) in [6, 6.07) is 0.0974. The molecule has 0 aromatic heterocycles. The number of terminal acetylenes is 1. The van der Waals surface area contributed by atoms with Gasteiger partial charge in [0, 0.05) is 12.6 Å². The first-order chi connectivity index (χ1) is 5.02. The maximum Gasteiger partial charge on any atom is 0.0663 e. The first-order valence-electron chi connectivity index (χ1n) is 3.74. The standard InChI is InChI=1S/C9H17NO/c1-6-8(2)10-9(3,4)7-11-5/h1,8,10H,7H2,2-5H3. The van der Waals surface area contributed by atoms with E-state index in [1.54, 1.807) is 7.11 Å². The van der Waals surface area contributed by atoms with Gasteiger partial charge in [0.1, 0.15) is 0 Å². The average molecular weight is 155 g/mol. The van der Waals surface area contributed by atoms with Gasteiger partial charge < -0.3 is 4.74 Å². The van der Waals surface area contributed by atoms with Crippen LogP contribution in [0.3, 0.4) is 0 Å². The molecule has 1 N–H and O–H groups in total. The van der Waals surface area contributed by atoms with Crippen molar-refractivity contribution in [2.45, 2.75) is 32.4 Å². The molecule has 0 aromatic rings. The zero-order chi connectivity index (χ0) is 8.91. The highest BCUT2D eigenvalue weighted by Crippen LogP contribution is 2.02. The van der Waals surface area contributed by atoms with Crippen molar-refractivity contribution in [3.63, 3.8) is 0 Å². The number of nitrogens with one attached hydrogen (secondary N) is 1. The summed E-state index contributed by atoms with van der Waals surface area (Å²) in [6.45, 7) is 6.74. The first kappa shape index (κ1) is 10.5. The largest absolute Gasteiger partial charge is 0.383 e. The molecule has 1 atom stereocenters. The number of hydrogen-bond acceptors (Lipinski definition) is 2. The molecule has 1 unspecified atom stereocenters. The number of methoxy groups -OCH3 is 1. The van der Waals surface area contributed by atoms with Gasteiger partial charge in [-0.2, -0.15) is 0 Å². The second-order valence-corrected chi connectivity index (χ2v) is 3.35. The molecule has 11 heavy (non-hydrogen) atoms. The summed E-state index contributed by atoms with van der Waals surface area (Å²) in [5, 5.41) is 3.25. The van der Waals surface area contributed by atoms with E-state index in [1.807, 2.05) is 6.92 Å². The molecule has 0 aliphatic rings. The van der Waals surface area contributed by atoms with Crippen molar-refractivity contribution < 1.29 is 4.74 Å². The topological polar surface area (TPSA) is 21.3 Å². The molecule has 0 amide bonds. The Morgan fingerprint density at radius 1 is 1.64 bits per heavy atom. The van der Waals surface area contributed by atoms with Gasteiger partial charge in [-0.3, -0.25) is 5.32 Å². The van der Waals surface area contributed by atoms with E-state index in [9.17, 15) is 0 Å². The van der Waals surface area contributed by atoms with Gasteiger partial charge in [0.25, 0.3) is 0 Å². The first-order valence-corrected chi connectivity index (χ1v) is 3.74. The van der Waals surface area contributed by atoms with Crippen LogP contribution in [0.25, 0.3) is 0 Å². The summed E-state index contributed by atoms with van der Waals surface area (Å²) in [5.41, 5.74) is -0.0411. The van der Waals surface area contributed by atoms with Crippen molar-refractivity contribution in [1.82, 2.24) is 5.32 Å². The van der Waals surface area contributed by atoms with Gasteiger partial charge in [0.15, 0.2) is 0 Å². The van der Waals surface area contributed by atoms with Gasteiger partial charge in [-0.15, -0.1) is 6.42 Å². The van der Waals surface area contributed by atoms with E-state index >= 15 is 0 Å². The molecule has 0 aliphatic carbocycles. The minimum atomic E-state index is -0.0411. The van der Waals surface area contributed by atoms with Crippen LogP contribution in [0.1, 0.15) is 20.8 Å². The highest BCUT2D eigenvalue weighted by Gasteiger charge is 2.18. The molecule has 0 rings (SSSR count). The SMILES string of the molecule is C#CC(C)NC(C)(C)COC. The molecule has 0 heterocycles. The van der Waals surface area contributed by atoms with Gasteiger partial charge in [0.2, 0.25) is 0 Å². The van der Waals surface area contributed by atoms with E-state index in [2.05, 4.69) is 25.1 Å². The van der Waals surface area contributed by atoms with E-state index in [1.165, 1.54) is 0 Å². The van der Waals surface area contributed by atoms with Crippen molar-refractivity contribution in [3.05, 3.63) is 0 Å². The van der Waals surface area contributed by atoms with Crippen LogP contribution in [-0.4, -0.2) is 25.3 Å². The second kappa shape index (κ2) is 4.38. The van der Waals surface area contributed by atoms with Crippen LogP contribution in [0.2, 0.25) is 0 Å². The normalized spacial score (nSPS) is 14.1. The van der Waals surface area contributed by atoms with Crippen molar-refractivity contribution >= 4 is 0 Å². The second-order valence-electron chi connectivity index (χ2n) is 3.35. The summed E-state index contributed by atoms with van der Waals surface area (Å²) in [6.07, 6.45) is 5.22. The highest BCUT2D eigenvalue weighted by atomic mass is 16.5. The van der Waals surface area contributed by atoms with E-state index in [-0.39, 0.29) is 11.6 Å². The van der Waals surface area contributed by atoms with E-state index in [0.717, 1.165) is 0 Å². The number of rotatable bonds is 4. The number of hydrogen-bond donors (Lipinski definition) is 1. The van der Waals surface area contributed by atoms with Crippen LogP contribution >= 0.6 is 0 Å². The fourth-order valence-corrected chi connectivity index (χ4v) is 1.03. The van der Waals surface area contributed by atoms with Crippen LogP contribution in [0.15, 0.2) is 0 Å². The summed E-state index contributed by atoms with van der Waals surface area (Å²) in [5.74, 6) is 2.61. The predicted octanol–water partition coefficient (Wildman–Crippen LogP) is 1.02. The third kappa shape index (κ3) is 4.83. The Bertz CT molecular complexity index is 146. The molecule has 0 fully saturated rings. The molecule has 0 aliphatic heterocycles. The Hall–Kier alpha value is -0.520.